The summed E-state index contributed by atoms with van der Waals surface area (Å²) in [5, 5.41) is 0. The lowest BCUT2D eigenvalue weighted by Gasteiger charge is -2.12. The molecule has 0 unspecified atom stereocenters. The van der Waals surface area contributed by atoms with E-state index in [1.807, 2.05) is 19.1 Å². The Kier molecular flexibility index (Phi) is 8.95. The molecule has 0 aliphatic rings. The molecule has 7 heteroatoms. The van der Waals surface area contributed by atoms with Crippen molar-refractivity contribution in [3.8, 4) is 33.8 Å². The second kappa shape index (κ2) is 12.1. The Morgan fingerprint density at radius 2 is 1.41 bits per heavy atom. The second-order valence-electron chi connectivity index (χ2n) is 8.60. The monoisotopic (exact) mass is 506 g/mol. The first-order chi connectivity index (χ1) is 17.6. The third kappa shape index (κ3) is 7.13. The molecule has 0 spiro atoms. The van der Waals surface area contributed by atoms with E-state index in [-0.39, 0.29) is 23.5 Å². The van der Waals surface area contributed by atoms with Gasteiger partial charge >= 0.3 is 11.9 Å². The summed E-state index contributed by atoms with van der Waals surface area (Å²) in [7, 11) is 0. The van der Waals surface area contributed by atoms with E-state index in [2.05, 4.69) is 13.2 Å². The van der Waals surface area contributed by atoms with Crippen LogP contribution in [0.25, 0.3) is 22.3 Å². The average molecular weight is 507 g/mol. The smallest absolute Gasteiger partial charge is 0.338 e. The lowest BCUT2D eigenvalue weighted by atomic mass is 9.96. The Hall–Kier alpha value is -4.26. The predicted molar refractivity (Wildman–Crippen MR) is 138 cm³/mol. The van der Waals surface area contributed by atoms with Gasteiger partial charge in [-0.15, -0.1) is 0 Å². The third-order valence-corrected chi connectivity index (χ3v) is 5.41. The molecule has 5 nitrogen and oxygen atoms in total. The summed E-state index contributed by atoms with van der Waals surface area (Å²) in [4.78, 5) is 23.0. The predicted octanol–water partition coefficient (Wildman–Crippen LogP) is 6.98. The fourth-order valence-corrected chi connectivity index (χ4v) is 3.44. The average Bonchev–Trinajstić information content (AvgIpc) is 2.84. The van der Waals surface area contributed by atoms with Gasteiger partial charge in [-0.3, -0.25) is 0 Å². The van der Waals surface area contributed by atoms with E-state index in [0.29, 0.717) is 35.5 Å². The highest BCUT2D eigenvalue weighted by molar-refractivity contribution is 5.89. The van der Waals surface area contributed by atoms with Crippen LogP contribution in [0.15, 0.2) is 78.9 Å². The van der Waals surface area contributed by atoms with Crippen molar-refractivity contribution in [3.63, 3.8) is 0 Å². The Balaban J connectivity index is 1.68. The van der Waals surface area contributed by atoms with E-state index in [4.69, 9.17) is 14.2 Å². The van der Waals surface area contributed by atoms with Gasteiger partial charge in [-0.2, -0.15) is 0 Å². The molecule has 0 heterocycles. The van der Waals surface area contributed by atoms with Crippen LogP contribution in [0.2, 0.25) is 0 Å². The maximum Gasteiger partial charge on any atom is 0.338 e. The summed E-state index contributed by atoms with van der Waals surface area (Å²) in [5.41, 5.74) is 3.38. The number of rotatable bonds is 10. The molecule has 192 valence electrons. The molecule has 3 aromatic carbocycles. The van der Waals surface area contributed by atoms with E-state index in [9.17, 15) is 14.0 Å². The van der Waals surface area contributed by atoms with Gasteiger partial charge < -0.3 is 14.2 Å². The Labute approximate surface area is 215 Å². The van der Waals surface area contributed by atoms with Crippen LogP contribution in [0.4, 0.5) is 8.78 Å². The van der Waals surface area contributed by atoms with Gasteiger partial charge in [-0.1, -0.05) is 37.4 Å². The van der Waals surface area contributed by atoms with Crippen molar-refractivity contribution >= 4 is 11.9 Å². The second-order valence-corrected chi connectivity index (χ2v) is 8.60. The van der Waals surface area contributed by atoms with Gasteiger partial charge in [-0.05, 0) is 73.4 Å². The SMILES string of the molecule is C=C(C)C(=O)OCCCOc1ccc(-c2ccc(-c3ccc(OC(=O)C(=C)C)c(F)c3)c(F)c2)c(C)c1. The van der Waals surface area contributed by atoms with Crippen LogP contribution < -0.4 is 9.47 Å². The molecule has 0 aliphatic heterocycles. The van der Waals surface area contributed by atoms with Crippen LogP contribution in [0.5, 0.6) is 11.5 Å². The number of hydrogen-bond donors (Lipinski definition) is 0. The minimum atomic E-state index is -0.781. The highest BCUT2D eigenvalue weighted by atomic mass is 19.1. The molecule has 0 radical (unpaired) electrons. The minimum Gasteiger partial charge on any atom is -0.493 e. The maximum atomic E-state index is 15.0. The number of halogens is 2. The summed E-state index contributed by atoms with van der Waals surface area (Å²) in [5.74, 6) is -2.07. The maximum absolute atomic E-state index is 15.0. The molecule has 37 heavy (non-hydrogen) atoms. The van der Waals surface area contributed by atoms with E-state index in [0.717, 1.165) is 17.2 Å². The molecule has 3 rings (SSSR count). The first-order valence-electron chi connectivity index (χ1n) is 11.6. The van der Waals surface area contributed by atoms with Gasteiger partial charge in [0.15, 0.2) is 11.6 Å². The molecule has 0 bridgehead atoms. The fourth-order valence-electron chi connectivity index (χ4n) is 3.44. The van der Waals surface area contributed by atoms with Gasteiger partial charge in [0, 0.05) is 23.1 Å². The fraction of sp³-hybridized carbons (Fsp3) is 0.200. The number of ether oxygens (including phenoxy) is 3. The molecule has 0 fully saturated rings. The number of carbonyl (C=O) groups excluding carboxylic acids is 2. The Morgan fingerprint density at radius 1 is 0.784 bits per heavy atom. The Morgan fingerprint density at radius 3 is 2.03 bits per heavy atom. The van der Waals surface area contributed by atoms with Gasteiger partial charge in [-0.25, -0.2) is 18.4 Å². The summed E-state index contributed by atoms with van der Waals surface area (Å²) in [6.45, 7) is 12.5. The van der Waals surface area contributed by atoms with E-state index >= 15 is 4.39 Å². The van der Waals surface area contributed by atoms with Crippen molar-refractivity contribution in [2.24, 2.45) is 0 Å². The quantitative estimate of drug-likeness (QED) is 0.129. The molecule has 0 saturated heterocycles. The molecule has 0 aliphatic carbocycles. The van der Waals surface area contributed by atoms with Crippen molar-refractivity contribution in [3.05, 3.63) is 96.1 Å². The van der Waals surface area contributed by atoms with Crippen molar-refractivity contribution in [2.45, 2.75) is 27.2 Å². The van der Waals surface area contributed by atoms with Crippen LogP contribution >= 0.6 is 0 Å². The molecular formula is C30H28F2O5. The standard InChI is InChI=1S/C30H28F2O5/c1-18(2)29(33)36-14-6-13-35-23-9-11-24(20(5)15-23)21-7-10-25(26(31)16-21)22-8-12-28(27(32)17-22)37-30(34)19(3)4/h7-12,15-17H,1,3,6,13-14H2,2,4-5H3. The first-order valence-corrected chi connectivity index (χ1v) is 11.6. The summed E-state index contributed by atoms with van der Waals surface area (Å²) in [6, 6.07) is 14.1. The summed E-state index contributed by atoms with van der Waals surface area (Å²) < 4.78 is 45.2. The minimum absolute atomic E-state index is 0.140. The molecule has 0 amide bonds. The summed E-state index contributed by atoms with van der Waals surface area (Å²) in [6.07, 6.45) is 0.532. The number of aryl methyl sites for hydroxylation is 1. The van der Waals surface area contributed by atoms with Crippen molar-refractivity contribution in [1.29, 1.82) is 0 Å². The zero-order valence-electron chi connectivity index (χ0n) is 21.0. The normalized spacial score (nSPS) is 10.5. The van der Waals surface area contributed by atoms with Crippen LogP contribution in [0, 0.1) is 18.6 Å². The van der Waals surface area contributed by atoms with Crippen LogP contribution in [0.3, 0.4) is 0 Å². The lowest BCUT2D eigenvalue weighted by Crippen LogP contribution is -2.09. The largest absolute Gasteiger partial charge is 0.493 e. The molecular weight excluding hydrogens is 478 g/mol. The zero-order valence-corrected chi connectivity index (χ0v) is 21.0. The number of esters is 2. The number of hydrogen-bond acceptors (Lipinski definition) is 5. The highest BCUT2D eigenvalue weighted by Gasteiger charge is 2.14. The summed E-state index contributed by atoms with van der Waals surface area (Å²) >= 11 is 0. The molecule has 0 saturated carbocycles. The molecule has 0 aromatic heterocycles. The van der Waals surface area contributed by atoms with Crippen molar-refractivity contribution in [2.75, 3.05) is 13.2 Å². The van der Waals surface area contributed by atoms with Crippen LogP contribution in [-0.4, -0.2) is 25.2 Å². The van der Waals surface area contributed by atoms with Crippen LogP contribution in [-0.2, 0) is 14.3 Å². The van der Waals surface area contributed by atoms with Gasteiger partial charge in [0.25, 0.3) is 0 Å². The molecule has 0 N–H and O–H groups in total. The Bertz CT molecular complexity index is 1360. The van der Waals surface area contributed by atoms with Gasteiger partial charge in [0.05, 0.1) is 13.2 Å². The third-order valence-electron chi connectivity index (χ3n) is 5.41. The van der Waals surface area contributed by atoms with Crippen molar-refractivity contribution < 1.29 is 32.6 Å². The van der Waals surface area contributed by atoms with Crippen molar-refractivity contribution in [1.82, 2.24) is 0 Å². The van der Waals surface area contributed by atoms with E-state index < -0.39 is 23.6 Å². The molecule has 0 atom stereocenters. The van der Waals surface area contributed by atoms with Gasteiger partial charge in [0.2, 0.25) is 0 Å². The highest BCUT2D eigenvalue weighted by Crippen LogP contribution is 2.33. The first kappa shape index (κ1) is 27.3. The van der Waals surface area contributed by atoms with E-state index in [1.54, 1.807) is 25.1 Å². The lowest BCUT2D eigenvalue weighted by molar-refractivity contribution is -0.139. The molecule has 3 aromatic rings. The number of carbonyl (C=O) groups is 2. The van der Waals surface area contributed by atoms with Gasteiger partial charge in [0.1, 0.15) is 11.6 Å². The topological polar surface area (TPSA) is 61.8 Å². The van der Waals surface area contributed by atoms with E-state index in [1.165, 1.54) is 25.1 Å². The van der Waals surface area contributed by atoms with Crippen LogP contribution in [0.1, 0.15) is 25.8 Å². The number of benzene rings is 3. The zero-order chi connectivity index (χ0) is 27.1.